The minimum Gasteiger partial charge on any atom is -0.487 e. The molecule has 2 aromatic carbocycles. The summed E-state index contributed by atoms with van der Waals surface area (Å²) in [5.41, 5.74) is 6.33. The van der Waals surface area contributed by atoms with Crippen LogP contribution in [0.25, 0.3) is 0 Å². The van der Waals surface area contributed by atoms with Gasteiger partial charge in [-0.2, -0.15) is 5.10 Å². The zero-order valence-electron chi connectivity index (χ0n) is 14.7. The molecule has 0 aromatic heterocycles. The smallest absolute Gasteiger partial charge is 0.271 e. The van der Waals surface area contributed by atoms with Crippen LogP contribution in [0.5, 0.6) is 5.75 Å². The Morgan fingerprint density at radius 3 is 2.38 bits per heavy atom. The highest BCUT2D eigenvalue weighted by Gasteiger charge is 2.24. The van der Waals surface area contributed by atoms with Gasteiger partial charge in [-0.3, -0.25) is 4.79 Å². The Morgan fingerprint density at radius 2 is 1.81 bits per heavy atom. The summed E-state index contributed by atoms with van der Waals surface area (Å²) in [5, 5.41) is 4.17. The number of nitrogens with one attached hydrogen (secondary N) is 1. The second-order valence-corrected chi connectivity index (χ2v) is 8.22. The van der Waals surface area contributed by atoms with Gasteiger partial charge in [0.2, 0.25) is 0 Å². The third kappa shape index (κ3) is 4.95. The minimum atomic E-state index is -0.193. The maximum Gasteiger partial charge on any atom is 0.271 e. The highest BCUT2D eigenvalue weighted by atomic mass is 79.9. The Hall–Kier alpha value is -1.66. The van der Waals surface area contributed by atoms with Crippen LogP contribution >= 0.6 is 31.9 Å². The van der Waals surface area contributed by atoms with Gasteiger partial charge >= 0.3 is 0 Å². The molecule has 0 spiro atoms. The van der Waals surface area contributed by atoms with Crippen molar-refractivity contribution in [1.29, 1.82) is 0 Å². The van der Waals surface area contributed by atoms with Crippen LogP contribution in [-0.4, -0.2) is 11.6 Å². The Bertz CT molecular complexity index is 820. The predicted octanol–water partition coefficient (Wildman–Crippen LogP) is 5.61. The van der Waals surface area contributed by atoms with Crippen LogP contribution in [0.2, 0.25) is 0 Å². The number of carbonyl (C=O) groups excluding carboxylic acids is 1. The van der Waals surface area contributed by atoms with E-state index in [1.165, 1.54) is 12.8 Å². The largest absolute Gasteiger partial charge is 0.487 e. The van der Waals surface area contributed by atoms with Crippen molar-refractivity contribution in [2.75, 3.05) is 0 Å². The van der Waals surface area contributed by atoms with Gasteiger partial charge in [0.1, 0.15) is 12.4 Å². The summed E-state index contributed by atoms with van der Waals surface area (Å²) in [6.07, 6.45) is 2.35. The van der Waals surface area contributed by atoms with Gasteiger partial charge in [-0.25, -0.2) is 5.43 Å². The highest BCUT2D eigenvalue weighted by Crippen LogP contribution is 2.35. The number of benzene rings is 2. The van der Waals surface area contributed by atoms with Crippen LogP contribution < -0.4 is 10.2 Å². The molecule has 1 N–H and O–H groups in total. The minimum absolute atomic E-state index is 0.193. The average molecular weight is 480 g/mol. The number of aryl methyl sites for hydroxylation is 1. The van der Waals surface area contributed by atoms with E-state index in [1.54, 1.807) is 12.1 Å². The fourth-order valence-electron chi connectivity index (χ4n) is 2.53. The van der Waals surface area contributed by atoms with Gasteiger partial charge in [-0.1, -0.05) is 12.1 Å². The lowest BCUT2D eigenvalue weighted by molar-refractivity contribution is 0.0954. The molecule has 2 aromatic rings. The van der Waals surface area contributed by atoms with Crippen LogP contribution in [0.15, 0.2) is 50.4 Å². The molecule has 1 amide bonds. The van der Waals surface area contributed by atoms with Crippen molar-refractivity contribution >= 4 is 43.5 Å². The van der Waals surface area contributed by atoms with E-state index >= 15 is 0 Å². The van der Waals surface area contributed by atoms with E-state index in [-0.39, 0.29) is 5.91 Å². The fraction of sp³-hybridized carbons (Fsp3) is 0.300. The van der Waals surface area contributed by atoms with Crippen molar-refractivity contribution in [3.8, 4) is 5.75 Å². The van der Waals surface area contributed by atoms with Gasteiger partial charge in [-0.05, 0) is 99.9 Å². The number of ether oxygens (including phenoxy) is 1. The highest BCUT2D eigenvalue weighted by molar-refractivity contribution is 9.11. The van der Waals surface area contributed by atoms with Gasteiger partial charge < -0.3 is 4.74 Å². The van der Waals surface area contributed by atoms with E-state index in [9.17, 15) is 4.79 Å². The van der Waals surface area contributed by atoms with Crippen LogP contribution in [0, 0.1) is 12.8 Å². The summed E-state index contributed by atoms with van der Waals surface area (Å²) in [5.74, 6) is 1.12. The molecule has 0 bridgehead atoms. The number of rotatable bonds is 6. The van der Waals surface area contributed by atoms with Crippen molar-refractivity contribution in [3.05, 3.63) is 62.0 Å². The molecule has 0 unspecified atom stereocenters. The molecular formula is C20H20Br2N2O2. The standard InChI is InChI=1S/C20H20Br2N2O2/c1-12-9-17(21)19(18(22)10-12)26-11-14-3-5-16(6-4-14)20(25)24-23-13(2)15-7-8-15/h3-6,9-10,15H,7-8,11H2,1-2H3,(H,24,25)/b23-13-. The van der Waals surface area contributed by atoms with E-state index in [0.717, 1.165) is 31.5 Å². The molecular weight excluding hydrogens is 460 g/mol. The first-order valence-electron chi connectivity index (χ1n) is 8.46. The van der Waals surface area contributed by atoms with Gasteiger partial charge in [0, 0.05) is 11.3 Å². The fourth-order valence-corrected chi connectivity index (χ4v) is 4.17. The van der Waals surface area contributed by atoms with Crippen molar-refractivity contribution in [2.24, 2.45) is 11.0 Å². The third-order valence-corrected chi connectivity index (χ3v) is 5.42. The summed E-state index contributed by atoms with van der Waals surface area (Å²) >= 11 is 7.05. The van der Waals surface area contributed by atoms with E-state index in [4.69, 9.17) is 4.74 Å². The van der Waals surface area contributed by atoms with E-state index < -0.39 is 0 Å². The molecule has 0 atom stereocenters. The molecule has 0 radical (unpaired) electrons. The van der Waals surface area contributed by atoms with Crippen molar-refractivity contribution < 1.29 is 9.53 Å². The lowest BCUT2D eigenvalue weighted by atomic mass is 10.1. The Balaban J connectivity index is 1.59. The zero-order chi connectivity index (χ0) is 18.7. The summed E-state index contributed by atoms with van der Waals surface area (Å²) in [7, 11) is 0. The Morgan fingerprint density at radius 1 is 1.19 bits per heavy atom. The third-order valence-electron chi connectivity index (χ3n) is 4.24. The molecule has 1 saturated carbocycles. The van der Waals surface area contributed by atoms with E-state index in [2.05, 4.69) is 42.4 Å². The lowest BCUT2D eigenvalue weighted by Gasteiger charge is -2.11. The quantitative estimate of drug-likeness (QED) is 0.432. The molecule has 0 heterocycles. The monoisotopic (exact) mass is 478 g/mol. The molecule has 6 heteroatoms. The molecule has 3 rings (SSSR count). The van der Waals surface area contributed by atoms with Gasteiger partial charge in [-0.15, -0.1) is 0 Å². The number of halogens is 2. The number of carbonyl (C=O) groups is 1. The molecule has 4 nitrogen and oxygen atoms in total. The van der Waals surface area contributed by atoms with Crippen LogP contribution in [-0.2, 0) is 6.61 Å². The maximum absolute atomic E-state index is 12.1. The number of nitrogens with zero attached hydrogens (tertiary/aromatic N) is 1. The molecule has 1 fully saturated rings. The van der Waals surface area contributed by atoms with Gasteiger partial charge in [0.25, 0.3) is 5.91 Å². The molecule has 26 heavy (non-hydrogen) atoms. The van der Waals surface area contributed by atoms with Crippen LogP contribution in [0.1, 0.15) is 41.3 Å². The molecule has 1 aliphatic rings. The van der Waals surface area contributed by atoms with Crippen molar-refractivity contribution in [1.82, 2.24) is 5.43 Å². The maximum atomic E-state index is 12.1. The number of hydrogen-bond acceptors (Lipinski definition) is 3. The molecule has 0 aliphatic heterocycles. The van der Waals surface area contributed by atoms with E-state index in [1.807, 2.05) is 38.1 Å². The normalized spacial score (nSPS) is 14.2. The van der Waals surface area contributed by atoms with Crippen LogP contribution in [0.3, 0.4) is 0 Å². The first-order valence-corrected chi connectivity index (χ1v) is 10.0. The van der Waals surface area contributed by atoms with E-state index in [0.29, 0.717) is 18.1 Å². The second kappa shape index (κ2) is 8.35. The van der Waals surface area contributed by atoms with Crippen LogP contribution in [0.4, 0.5) is 0 Å². The van der Waals surface area contributed by atoms with Gasteiger partial charge in [0.15, 0.2) is 0 Å². The Kier molecular flexibility index (Phi) is 6.14. The number of hydrazone groups is 1. The summed E-state index contributed by atoms with van der Waals surface area (Å²) in [6, 6.07) is 11.4. The summed E-state index contributed by atoms with van der Waals surface area (Å²) < 4.78 is 7.72. The number of amides is 1. The first-order chi connectivity index (χ1) is 12.4. The molecule has 1 aliphatic carbocycles. The molecule has 0 saturated heterocycles. The SMILES string of the molecule is C/C(=N/NC(=O)c1ccc(COc2c(Br)cc(C)cc2Br)cc1)C1CC1. The van der Waals surface area contributed by atoms with Gasteiger partial charge in [0.05, 0.1) is 8.95 Å². The summed E-state index contributed by atoms with van der Waals surface area (Å²) in [4.78, 5) is 12.1. The topological polar surface area (TPSA) is 50.7 Å². The molecule has 136 valence electrons. The average Bonchev–Trinajstić information content (AvgIpc) is 3.44. The Labute approximate surface area is 170 Å². The summed E-state index contributed by atoms with van der Waals surface area (Å²) in [6.45, 7) is 4.40. The number of hydrogen-bond donors (Lipinski definition) is 1. The predicted molar refractivity (Wildman–Crippen MR) is 111 cm³/mol. The van der Waals surface area contributed by atoms with Crippen molar-refractivity contribution in [2.45, 2.75) is 33.3 Å². The first kappa shape index (κ1) is 19.1. The lowest BCUT2D eigenvalue weighted by Crippen LogP contribution is -2.19. The van der Waals surface area contributed by atoms with Crippen molar-refractivity contribution in [3.63, 3.8) is 0 Å². The second-order valence-electron chi connectivity index (χ2n) is 6.51. The zero-order valence-corrected chi connectivity index (χ0v) is 17.9.